The van der Waals surface area contributed by atoms with E-state index >= 15 is 0 Å². The van der Waals surface area contributed by atoms with E-state index in [0.717, 1.165) is 17.3 Å². The van der Waals surface area contributed by atoms with Gasteiger partial charge in [0.05, 0.1) is 5.52 Å². The van der Waals surface area contributed by atoms with Gasteiger partial charge >= 0.3 is 0 Å². The van der Waals surface area contributed by atoms with E-state index in [1.807, 2.05) is 19.1 Å². The molecule has 0 bridgehead atoms. The normalized spacial score (nSPS) is 11.1. The first-order chi connectivity index (χ1) is 9.13. The molecule has 0 aliphatic carbocycles. The number of aromatic amines is 1. The number of hydrogen-bond acceptors (Lipinski definition) is 2. The topological polar surface area (TPSA) is 41.6 Å². The number of aromatic nitrogens is 3. The summed E-state index contributed by atoms with van der Waals surface area (Å²) in [5.74, 6) is -1.10. The van der Waals surface area contributed by atoms with Gasteiger partial charge in [-0.05, 0) is 30.7 Å². The van der Waals surface area contributed by atoms with Crippen LogP contribution in [0.1, 0.15) is 17.1 Å². The molecule has 1 N–H and O–H groups in total. The number of imidazole rings is 1. The summed E-state index contributed by atoms with van der Waals surface area (Å²) in [6, 6.07) is 7.87. The Morgan fingerprint density at radius 2 is 1.95 bits per heavy atom. The highest BCUT2D eigenvalue weighted by Crippen LogP contribution is 2.16. The Kier molecular flexibility index (Phi) is 2.74. The lowest BCUT2D eigenvalue weighted by Crippen LogP contribution is -1.97. The summed E-state index contributed by atoms with van der Waals surface area (Å²) in [6.45, 7) is 1.88. The highest BCUT2D eigenvalue weighted by Gasteiger charge is 2.11. The fourth-order valence-electron chi connectivity index (χ4n) is 1.99. The minimum atomic E-state index is -0.845. The van der Waals surface area contributed by atoms with Crippen LogP contribution in [0.25, 0.3) is 11.2 Å². The maximum absolute atomic E-state index is 13.6. The number of rotatable bonds is 2. The molecule has 3 nitrogen and oxygen atoms in total. The van der Waals surface area contributed by atoms with Gasteiger partial charge in [-0.2, -0.15) is 0 Å². The van der Waals surface area contributed by atoms with Crippen molar-refractivity contribution in [3.05, 3.63) is 59.0 Å². The van der Waals surface area contributed by atoms with Gasteiger partial charge in [0, 0.05) is 12.1 Å². The molecule has 0 unspecified atom stereocenters. The van der Waals surface area contributed by atoms with Gasteiger partial charge in [0.15, 0.2) is 17.3 Å². The molecule has 0 spiro atoms. The summed E-state index contributed by atoms with van der Waals surface area (Å²) in [7, 11) is 0. The molecule has 3 aromatic rings. The first-order valence-corrected chi connectivity index (χ1v) is 5.88. The van der Waals surface area contributed by atoms with E-state index in [1.165, 1.54) is 6.07 Å². The monoisotopic (exact) mass is 259 g/mol. The fourth-order valence-corrected chi connectivity index (χ4v) is 1.99. The molecular formula is C14H11F2N3. The first-order valence-electron chi connectivity index (χ1n) is 5.88. The Labute approximate surface area is 108 Å². The van der Waals surface area contributed by atoms with Crippen LogP contribution >= 0.6 is 0 Å². The number of nitrogens with zero attached hydrogens (tertiary/aromatic N) is 2. The molecule has 2 heterocycles. The smallest absolute Gasteiger partial charge is 0.177 e. The van der Waals surface area contributed by atoms with Gasteiger partial charge < -0.3 is 4.98 Å². The predicted molar refractivity (Wildman–Crippen MR) is 67.8 cm³/mol. The van der Waals surface area contributed by atoms with Crippen molar-refractivity contribution < 1.29 is 8.78 Å². The number of pyridine rings is 1. The molecule has 2 aromatic heterocycles. The summed E-state index contributed by atoms with van der Waals surface area (Å²) < 4.78 is 26.7. The molecule has 3 rings (SSSR count). The molecule has 0 radical (unpaired) electrons. The van der Waals surface area contributed by atoms with Crippen LogP contribution in [0.4, 0.5) is 8.78 Å². The molecule has 0 saturated carbocycles. The van der Waals surface area contributed by atoms with E-state index in [4.69, 9.17) is 0 Å². The van der Waals surface area contributed by atoms with E-state index in [-0.39, 0.29) is 12.0 Å². The standard InChI is InChI=1S/C14H11F2N3/c1-8-5-6-11-14(17-8)19-12(18-11)7-9-3-2-4-10(15)13(9)16/h2-6H,7H2,1H3,(H,17,18,19). The van der Waals surface area contributed by atoms with Gasteiger partial charge in [0.2, 0.25) is 0 Å². The number of fused-ring (bicyclic) bond motifs is 1. The summed E-state index contributed by atoms with van der Waals surface area (Å²) >= 11 is 0. The molecule has 1 aromatic carbocycles. The van der Waals surface area contributed by atoms with Crippen molar-refractivity contribution in [2.45, 2.75) is 13.3 Å². The molecule has 96 valence electrons. The van der Waals surface area contributed by atoms with Gasteiger partial charge in [-0.1, -0.05) is 12.1 Å². The van der Waals surface area contributed by atoms with Crippen LogP contribution in [0.15, 0.2) is 30.3 Å². The van der Waals surface area contributed by atoms with Gasteiger partial charge in [-0.3, -0.25) is 0 Å². The number of benzene rings is 1. The molecule has 0 atom stereocenters. The third-order valence-electron chi connectivity index (χ3n) is 2.92. The van der Waals surface area contributed by atoms with Crippen molar-refractivity contribution in [1.29, 1.82) is 0 Å². The molecule has 19 heavy (non-hydrogen) atoms. The third-order valence-corrected chi connectivity index (χ3v) is 2.92. The second kappa shape index (κ2) is 4.42. The quantitative estimate of drug-likeness (QED) is 0.768. The van der Waals surface area contributed by atoms with Crippen LogP contribution in [0.5, 0.6) is 0 Å². The summed E-state index contributed by atoms with van der Waals surface area (Å²) in [5.41, 5.74) is 2.52. The van der Waals surface area contributed by atoms with E-state index in [0.29, 0.717) is 11.5 Å². The van der Waals surface area contributed by atoms with Gasteiger partial charge in [0.1, 0.15) is 5.82 Å². The van der Waals surface area contributed by atoms with Crippen molar-refractivity contribution in [1.82, 2.24) is 15.0 Å². The van der Waals surface area contributed by atoms with E-state index in [9.17, 15) is 8.78 Å². The largest absolute Gasteiger partial charge is 0.340 e. The maximum Gasteiger partial charge on any atom is 0.177 e. The van der Waals surface area contributed by atoms with Crippen molar-refractivity contribution in [3.8, 4) is 0 Å². The van der Waals surface area contributed by atoms with Gasteiger partial charge in [0.25, 0.3) is 0 Å². The second-order valence-electron chi connectivity index (χ2n) is 4.40. The van der Waals surface area contributed by atoms with Crippen LogP contribution in [-0.4, -0.2) is 15.0 Å². The summed E-state index contributed by atoms with van der Waals surface area (Å²) in [6.07, 6.45) is 0.207. The highest BCUT2D eigenvalue weighted by molar-refractivity contribution is 5.70. The Morgan fingerprint density at radius 1 is 1.11 bits per heavy atom. The maximum atomic E-state index is 13.6. The Bertz CT molecular complexity index is 750. The number of aryl methyl sites for hydroxylation is 1. The Balaban J connectivity index is 1.99. The first kappa shape index (κ1) is 11.8. The SMILES string of the molecule is Cc1ccc2[nH]c(Cc3cccc(F)c3F)nc2n1. The van der Waals surface area contributed by atoms with E-state index in [1.54, 1.807) is 6.07 Å². The average Bonchev–Trinajstić information content (AvgIpc) is 2.76. The molecule has 0 fully saturated rings. The molecular weight excluding hydrogens is 248 g/mol. The molecule has 0 saturated heterocycles. The zero-order valence-electron chi connectivity index (χ0n) is 10.2. The van der Waals surface area contributed by atoms with Gasteiger partial charge in [-0.25, -0.2) is 18.7 Å². The Hall–Kier alpha value is -2.30. The van der Waals surface area contributed by atoms with Crippen LogP contribution in [0, 0.1) is 18.6 Å². The van der Waals surface area contributed by atoms with Crippen molar-refractivity contribution in [3.63, 3.8) is 0 Å². The van der Waals surface area contributed by atoms with Crippen molar-refractivity contribution in [2.24, 2.45) is 0 Å². The van der Waals surface area contributed by atoms with Crippen molar-refractivity contribution in [2.75, 3.05) is 0 Å². The zero-order valence-corrected chi connectivity index (χ0v) is 10.2. The van der Waals surface area contributed by atoms with Crippen LogP contribution in [0.2, 0.25) is 0 Å². The zero-order chi connectivity index (χ0) is 13.4. The predicted octanol–water partition coefficient (Wildman–Crippen LogP) is 3.14. The van der Waals surface area contributed by atoms with E-state index < -0.39 is 11.6 Å². The van der Waals surface area contributed by atoms with E-state index in [2.05, 4.69) is 15.0 Å². The number of nitrogens with one attached hydrogen (secondary N) is 1. The fraction of sp³-hybridized carbons (Fsp3) is 0.143. The minimum absolute atomic E-state index is 0.207. The molecule has 0 aliphatic heterocycles. The van der Waals surface area contributed by atoms with Crippen LogP contribution in [0.3, 0.4) is 0 Å². The highest BCUT2D eigenvalue weighted by atomic mass is 19.2. The number of halogens is 2. The summed E-state index contributed by atoms with van der Waals surface area (Å²) in [5, 5.41) is 0. The minimum Gasteiger partial charge on any atom is -0.340 e. The lowest BCUT2D eigenvalue weighted by Gasteiger charge is -2.00. The van der Waals surface area contributed by atoms with Crippen LogP contribution in [-0.2, 0) is 6.42 Å². The summed E-state index contributed by atoms with van der Waals surface area (Å²) in [4.78, 5) is 11.6. The number of H-pyrrole nitrogens is 1. The molecule has 0 amide bonds. The lowest BCUT2D eigenvalue weighted by molar-refractivity contribution is 0.500. The molecule has 5 heteroatoms. The van der Waals surface area contributed by atoms with Crippen LogP contribution < -0.4 is 0 Å². The number of hydrogen-bond donors (Lipinski definition) is 1. The second-order valence-corrected chi connectivity index (χ2v) is 4.40. The Morgan fingerprint density at radius 3 is 2.79 bits per heavy atom. The molecule has 0 aliphatic rings. The van der Waals surface area contributed by atoms with Gasteiger partial charge in [-0.15, -0.1) is 0 Å². The van der Waals surface area contributed by atoms with Crippen molar-refractivity contribution >= 4 is 11.2 Å². The third kappa shape index (κ3) is 2.19. The lowest BCUT2D eigenvalue weighted by atomic mass is 10.1. The average molecular weight is 259 g/mol.